The van der Waals surface area contributed by atoms with Gasteiger partial charge in [-0.05, 0) is 19.3 Å². The molecule has 0 saturated carbocycles. The molecular formula is C8H12NO2. The van der Waals surface area contributed by atoms with Crippen molar-refractivity contribution in [2.45, 2.75) is 25.5 Å². The molecule has 1 radical (unpaired) electrons. The maximum absolute atomic E-state index is 10.7. The molecule has 1 aliphatic rings. The molecule has 1 heterocycles. The Kier molecular flexibility index (Phi) is 3.11. The number of hydrogen-bond donors (Lipinski definition) is 0. The highest BCUT2D eigenvalue weighted by molar-refractivity contribution is 5.81. The molecule has 0 aliphatic carbocycles. The Hall–Kier alpha value is -0.830. The van der Waals surface area contributed by atoms with Gasteiger partial charge in [-0.2, -0.15) is 0 Å². The van der Waals surface area contributed by atoms with Crippen molar-refractivity contribution in [1.82, 2.24) is 5.32 Å². The summed E-state index contributed by atoms with van der Waals surface area (Å²) in [5.74, 6) is -0.374. The van der Waals surface area contributed by atoms with Crippen LogP contribution in [-0.4, -0.2) is 18.7 Å². The molecule has 0 aromatic carbocycles. The van der Waals surface area contributed by atoms with E-state index in [1.165, 1.54) is 6.08 Å². The zero-order valence-corrected chi connectivity index (χ0v) is 6.45. The Labute approximate surface area is 66.4 Å². The summed E-state index contributed by atoms with van der Waals surface area (Å²) in [6.45, 7) is 4.12. The largest absolute Gasteiger partial charge is 0.442 e. The molecule has 0 aromatic rings. The molecule has 61 valence electrons. The van der Waals surface area contributed by atoms with Gasteiger partial charge in [0.1, 0.15) is 0 Å². The number of nitrogens with zero attached hydrogens (tertiary/aromatic N) is 1. The van der Waals surface area contributed by atoms with Gasteiger partial charge in [-0.25, -0.2) is 10.1 Å². The second-order valence-corrected chi connectivity index (χ2v) is 2.50. The van der Waals surface area contributed by atoms with Crippen LogP contribution in [0.3, 0.4) is 0 Å². The molecule has 0 spiro atoms. The molecule has 0 amide bonds. The first-order valence-corrected chi connectivity index (χ1v) is 3.82. The predicted octanol–water partition coefficient (Wildman–Crippen LogP) is 0.830. The minimum absolute atomic E-state index is 0.214. The van der Waals surface area contributed by atoms with Crippen LogP contribution in [0.25, 0.3) is 0 Å². The molecule has 1 fully saturated rings. The van der Waals surface area contributed by atoms with Gasteiger partial charge in [0.15, 0.2) is 6.23 Å². The molecule has 3 heteroatoms. The molecule has 11 heavy (non-hydrogen) atoms. The van der Waals surface area contributed by atoms with Crippen LogP contribution in [0.5, 0.6) is 0 Å². The molecule has 1 atom stereocenters. The van der Waals surface area contributed by atoms with E-state index in [4.69, 9.17) is 4.74 Å². The SMILES string of the molecule is C=CC(=O)OC1CCCC[N]1. The zero-order valence-electron chi connectivity index (χ0n) is 6.45. The van der Waals surface area contributed by atoms with Gasteiger partial charge in [-0.15, -0.1) is 0 Å². The zero-order chi connectivity index (χ0) is 8.10. The third-order valence-corrected chi connectivity index (χ3v) is 1.61. The van der Waals surface area contributed by atoms with Gasteiger partial charge in [0.05, 0.1) is 0 Å². The normalized spacial score (nSPS) is 24.2. The number of carbonyl (C=O) groups excluding carboxylic acids is 1. The summed E-state index contributed by atoms with van der Waals surface area (Å²) in [6, 6.07) is 0. The van der Waals surface area contributed by atoms with Crippen molar-refractivity contribution in [2.75, 3.05) is 6.54 Å². The van der Waals surface area contributed by atoms with E-state index in [9.17, 15) is 4.79 Å². The highest BCUT2D eigenvalue weighted by atomic mass is 16.6. The molecule has 0 bridgehead atoms. The van der Waals surface area contributed by atoms with Gasteiger partial charge >= 0.3 is 5.97 Å². The van der Waals surface area contributed by atoms with Crippen LogP contribution in [0.2, 0.25) is 0 Å². The van der Waals surface area contributed by atoms with E-state index in [0.29, 0.717) is 0 Å². The number of ether oxygens (including phenoxy) is 1. The fraction of sp³-hybridized carbons (Fsp3) is 0.625. The highest BCUT2D eigenvalue weighted by Gasteiger charge is 2.16. The minimum Gasteiger partial charge on any atom is -0.442 e. The Morgan fingerprint density at radius 1 is 1.64 bits per heavy atom. The van der Waals surface area contributed by atoms with Gasteiger partial charge in [0, 0.05) is 12.6 Å². The number of carbonyl (C=O) groups is 1. The van der Waals surface area contributed by atoms with Gasteiger partial charge in [0.2, 0.25) is 0 Å². The predicted molar refractivity (Wildman–Crippen MR) is 40.9 cm³/mol. The van der Waals surface area contributed by atoms with Crippen LogP contribution >= 0.6 is 0 Å². The maximum atomic E-state index is 10.7. The van der Waals surface area contributed by atoms with E-state index >= 15 is 0 Å². The van der Waals surface area contributed by atoms with Crippen molar-refractivity contribution < 1.29 is 9.53 Å². The van der Waals surface area contributed by atoms with Crippen molar-refractivity contribution >= 4 is 5.97 Å². The van der Waals surface area contributed by atoms with Crippen molar-refractivity contribution in [1.29, 1.82) is 0 Å². The first kappa shape index (κ1) is 8.27. The maximum Gasteiger partial charge on any atom is 0.331 e. The summed E-state index contributed by atoms with van der Waals surface area (Å²) < 4.78 is 4.92. The van der Waals surface area contributed by atoms with Crippen LogP contribution in [-0.2, 0) is 9.53 Å². The molecule has 3 nitrogen and oxygen atoms in total. The Morgan fingerprint density at radius 3 is 3.00 bits per heavy atom. The molecule has 1 unspecified atom stereocenters. The number of rotatable bonds is 2. The minimum atomic E-state index is -0.374. The third-order valence-electron chi connectivity index (χ3n) is 1.61. The van der Waals surface area contributed by atoms with Gasteiger partial charge < -0.3 is 4.74 Å². The first-order valence-electron chi connectivity index (χ1n) is 3.82. The van der Waals surface area contributed by atoms with Crippen molar-refractivity contribution in [3.05, 3.63) is 12.7 Å². The lowest BCUT2D eigenvalue weighted by Gasteiger charge is -2.20. The summed E-state index contributed by atoms with van der Waals surface area (Å²) in [7, 11) is 0. The smallest absolute Gasteiger partial charge is 0.331 e. The van der Waals surface area contributed by atoms with E-state index in [2.05, 4.69) is 11.9 Å². The average Bonchev–Trinajstić information content (AvgIpc) is 2.06. The van der Waals surface area contributed by atoms with Gasteiger partial charge in [-0.1, -0.05) is 6.58 Å². The molecule has 1 saturated heterocycles. The van der Waals surface area contributed by atoms with Gasteiger partial charge in [0.25, 0.3) is 0 Å². The van der Waals surface area contributed by atoms with E-state index < -0.39 is 0 Å². The molecule has 0 N–H and O–H groups in total. The monoisotopic (exact) mass is 154 g/mol. The summed E-state index contributed by atoms with van der Waals surface area (Å²) in [5.41, 5.74) is 0. The van der Waals surface area contributed by atoms with E-state index in [0.717, 1.165) is 25.8 Å². The average molecular weight is 154 g/mol. The molecule has 1 rings (SSSR count). The van der Waals surface area contributed by atoms with Crippen LogP contribution in [0.15, 0.2) is 12.7 Å². The standard InChI is InChI=1S/C8H12NO2/c1-2-8(10)11-7-5-3-4-6-9-7/h2,7H,1,3-6H2. The summed E-state index contributed by atoms with van der Waals surface area (Å²) in [4.78, 5) is 10.7. The summed E-state index contributed by atoms with van der Waals surface area (Å²) in [5, 5.41) is 4.13. The number of hydrogen-bond acceptors (Lipinski definition) is 2. The van der Waals surface area contributed by atoms with Gasteiger partial charge in [-0.3, -0.25) is 0 Å². The van der Waals surface area contributed by atoms with Crippen molar-refractivity contribution in [3.8, 4) is 0 Å². The topological polar surface area (TPSA) is 40.4 Å². The first-order chi connectivity index (χ1) is 5.33. The second kappa shape index (κ2) is 4.13. The molecule has 0 aromatic heterocycles. The van der Waals surface area contributed by atoms with E-state index in [1.54, 1.807) is 0 Å². The Bertz CT molecular complexity index is 150. The van der Waals surface area contributed by atoms with Crippen LogP contribution in [0.1, 0.15) is 19.3 Å². The Morgan fingerprint density at radius 2 is 2.45 bits per heavy atom. The fourth-order valence-corrected chi connectivity index (χ4v) is 1.04. The number of piperidine rings is 1. The number of esters is 1. The lowest BCUT2D eigenvalue weighted by Crippen LogP contribution is -2.31. The fourth-order valence-electron chi connectivity index (χ4n) is 1.04. The third kappa shape index (κ3) is 2.72. The van der Waals surface area contributed by atoms with Crippen LogP contribution in [0.4, 0.5) is 0 Å². The van der Waals surface area contributed by atoms with Crippen LogP contribution in [0, 0.1) is 0 Å². The van der Waals surface area contributed by atoms with Crippen LogP contribution < -0.4 is 5.32 Å². The lowest BCUT2D eigenvalue weighted by atomic mass is 10.1. The van der Waals surface area contributed by atoms with Crippen molar-refractivity contribution in [2.24, 2.45) is 0 Å². The quantitative estimate of drug-likeness (QED) is 0.436. The molecule has 1 aliphatic heterocycles. The highest BCUT2D eigenvalue weighted by Crippen LogP contribution is 2.09. The Balaban J connectivity index is 2.24. The summed E-state index contributed by atoms with van der Waals surface area (Å²) in [6.07, 6.45) is 4.03. The summed E-state index contributed by atoms with van der Waals surface area (Å²) >= 11 is 0. The second-order valence-electron chi connectivity index (χ2n) is 2.50. The van der Waals surface area contributed by atoms with E-state index in [1.807, 2.05) is 0 Å². The molecular weight excluding hydrogens is 142 g/mol. The lowest BCUT2D eigenvalue weighted by molar-refractivity contribution is -0.145. The van der Waals surface area contributed by atoms with Crippen molar-refractivity contribution in [3.63, 3.8) is 0 Å². The van der Waals surface area contributed by atoms with E-state index in [-0.39, 0.29) is 12.2 Å².